The van der Waals surface area contributed by atoms with Crippen molar-refractivity contribution in [2.24, 2.45) is 0 Å². The van der Waals surface area contributed by atoms with Crippen LogP contribution in [0.4, 0.5) is 17.5 Å². The van der Waals surface area contributed by atoms with Gasteiger partial charge in [-0.25, -0.2) is 4.68 Å². The predicted octanol–water partition coefficient (Wildman–Crippen LogP) is 2.98. The number of nitrogens with zero attached hydrogens (tertiary/aromatic N) is 6. The molecule has 8 heteroatoms. The first-order valence-electron chi connectivity index (χ1n) is 10.9. The quantitative estimate of drug-likeness (QED) is 0.488. The molecule has 0 bridgehead atoms. The summed E-state index contributed by atoms with van der Waals surface area (Å²) in [4.78, 5) is 14.3. The number of aliphatic hydroxyl groups is 1. The van der Waals surface area contributed by atoms with E-state index in [0.29, 0.717) is 12.5 Å². The van der Waals surface area contributed by atoms with Gasteiger partial charge in [0.05, 0.1) is 23.9 Å². The van der Waals surface area contributed by atoms with Gasteiger partial charge in [0.15, 0.2) is 5.65 Å². The number of β-amino-alcohol motifs (C(OH)–C–C–N with tert-alkyl or cyclic N) is 1. The summed E-state index contributed by atoms with van der Waals surface area (Å²) in [5, 5.41) is 18.2. The highest BCUT2D eigenvalue weighted by Crippen LogP contribution is 2.28. The molecule has 0 atom stereocenters. The summed E-state index contributed by atoms with van der Waals surface area (Å²) < 4.78 is 1.86. The minimum Gasteiger partial charge on any atom is -0.395 e. The number of anilines is 3. The van der Waals surface area contributed by atoms with E-state index in [1.165, 1.54) is 5.56 Å². The Morgan fingerprint density at radius 3 is 2.41 bits per heavy atom. The molecule has 8 nitrogen and oxygen atoms in total. The Bertz CT molecular complexity index is 1180. The first-order valence-corrected chi connectivity index (χ1v) is 10.9. The molecule has 3 heterocycles. The van der Waals surface area contributed by atoms with Crippen LogP contribution >= 0.6 is 0 Å². The SMILES string of the molecule is Cc1ccc(Nc2nc(N3CCN(CCO)CC3)nc3c2cnn3-c2ccccc2)cc1. The van der Waals surface area contributed by atoms with Gasteiger partial charge in [0.25, 0.3) is 0 Å². The number of fused-ring (bicyclic) bond motifs is 1. The van der Waals surface area contributed by atoms with Crippen molar-refractivity contribution in [1.29, 1.82) is 0 Å². The highest BCUT2D eigenvalue weighted by atomic mass is 16.3. The lowest BCUT2D eigenvalue weighted by atomic mass is 10.2. The summed E-state index contributed by atoms with van der Waals surface area (Å²) >= 11 is 0. The molecule has 0 saturated carbocycles. The van der Waals surface area contributed by atoms with Crippen molar-refractivity contribution < 1.29 is 5.11 Å². The zero-order chi connectivity index (χ0) is 21.9. The summed E-state index contributed by atoms with van der Waals surface area (Å²) in [5.74, 6) is 1.43. The Labute approximate surface area is 187 Å². The van der Waals surface area contributed by atoms with Crippen LogP contribution in [0.25, 0.3) is 16.7 Å². The Hall–Kier alpha value is -3.49. The molecule has 0 aliphatic carbocycles. The van der Waals surface area contributed by atoms with Crippen molar-refractivity contribution in [2.45, 2.75) is 6.92 Å². The van der Waals surface area contributed by atoms with E-state index in [2.05, 4.69) is 51.4 Å². The average molecular weight is 430 g/mol. The monoisotopic (exact) mass is 429 g/mol. The lowest BCUT2D eigenvalue weighted by Gasteiger charge is -2.34. The molecule has 1 fully saturated rings. The predicted molar refractivity (Wildman–Crippen MR) is 127 cm³/mol. The van der Waals surface area contributed by atoms with Crippen molar-refractivity contribution in [3.63, 3.8) is 0 Å². The van der Waals surface area contributed by atoms with Crippen molar-refractivity contribution in [3.05, 3.63) is 66.4 Å². The molecule has 1 aliphatic heterocycles. The zero-order valence-corrected chi connectivity index (χ0v) is 18.1. The van der Waals surface area contributed by atoms with Gasteiger partial charge in [-0.05, 0) is 31.2 Å². The van der Waals surface area contributed by atoms with Crippen LogP contribution in [0.15, 0.2) is 60.8 Å². The largest absolute Gasteiger partial charge is 0.395 e. The average Bonchev–Trinajstić information content (AvgIpc) is 3.26. The lowest BCUT2D eigenvalue weighted by molar-refractivity contribution is 0.188. The van der Waals surface area contributed by atoms with Gasteiger partial charge in [0.1, 0.15) is 5.82 Å². The fraction of sp³-hybridized carbons (Fsp3) is 0.292. The van der Waals surface area contributed by atoms with Gasteiger partial charge in [0.2, 0.25) is 5.95 Å². The number of rotatable bonds is 6. The minimum atomic E-state index is 0.184. The molecule has 0 radical (unpaired) electrons. The van der Waals surface area contributed by atoms with Gasteiger partial charge in [0, 0.05) is 38.4 Å². The third-order valence-electron chi connectivity index (χ3n) is 5.80. The summed E-state index contributed by atoms with van der Waals surface area (Å²) in [6, 6.07) is 18.3. The summed E-state index contributed by atoms with van der Waals surface area (Å²) in [7, 11) is 0. The van der Waals surface area contributed by atoms with E-state index in [1.54, 1.807) is 0 Å². The zero-order valence-electron chi connectivity index (χ0n) is 18.1. The van der Waals surface area contributed by atoms with E-state index in [9.17, 15) is 5.11 Å². The standard InChI is InChI=1S/C24H27N7O/c1-18-7-9-19(10-8-18)26-22-21-17-25-31(20-5-3-2-4-6-20)23(21)28-24(27-22)30-13-11-29(12-14-30)15-16-32/h2-10,17,32H,11-16H2,1H3,(H,26,27,28). The fourth-order valence-electron chi connectivity index (χ4n) is 3.98. The van der Waals surface area contributed by atoms with E-state index in [0.717, 1.165) is 54.4 Å². The first kappa shape index (κ1) is 20.4. The van der Waals surface area contributed by atoms with E-state index >= 15 is 0 Å². The van der Waals surface area contributed by atoms with Gasteiger partial charge in [-0.3, -0.25) is 4.90 Å². The van der Waals surface area contributed by atoms with Crippen LogP contribution in [-0.4, -0.2) is 69.1 Å². The Kier molecular flexibility index (Phi) is 5.70. The van der Waals surface area contributed by atoms with E-state index in [4.69, 9.17) is 9.97 Å². The van der Waals surface area contributed by atoms with Gasteiger partial charge >= 0.3 is 0 Å². The molecule has 1 saturated heterocycles. The maximum Gasteiger partial charge on any atom is 0.229 e. The first-order chi connectivity index (χ1) is 15.7. The molecule has 2 N–H and O–H groups in total. The summed E-state index contributed by atoms with van der Waals surface area (Å²) in [5.41, 5.74) is 3.92. The molecule has 0 unspecified atom stereocenters. The van der Waals surface area contributed by atoms with E-state index in [1.807, 2.05) is 41.2 Å². The second-order valence-electron chi connectivity index (χ2n) is 8.04. The second-order valence-corrected chi connectivity index (χ2v) is 8.04. The maximum absolute atomic E-state index is 9.23. The van der Waals surface area contributed by atoms with E-state index < -0.39 is 0 Å². The smallest absolute Gasteiger partial charge is 0.229 e. The van der Waals surface area contributed by atoms with Crippen molar-refractivity contribution in [2.75, 3.05) is 49.5 Å². The molecule has 2 aromatic carbocycles. The van der Waals surface area contributed by atoms with Crippen LogP contribution < -0.4 is 10.2 Å². The van der Waals surface area contributed by atoms with Gasteiger partial charge in [-0.1, -0.05) is 35.9 Å². The number of aromatic nitrogens is 4. The third kappa shape index (κ3) is 4.15. The van der Waals surface area contributed by atoms with Crippen LogP contribution in [0.3, 0.4) is 0 Å². The highest BCUT2D eigenvalue weighted by Gasteiger charge is 2.22. The molecule has 32 heavy (non-hydrogen) atoms. The normalized spacial score (nSPS) is 14.8. The molecule has 1 aliphatic rings. The molecule has 0 spiro atoms. The Morgan fingerprint density at radius 1 is 0.938 bits per heavy atom. The van der Waals surface area contributed by atoms with Gasteiger partial charge < -0.3 is 15.3 Å². The topological polar surface area (TPSA) is 82.3 Å². The van der Waals surface area contributed by atoms with Crippen LogP contribution in [0, 0.1) is 6.92 Å². The molecule has 164 valence electrons. The fourth-order valence-corrected chi connectivity index (χ4v) is 3.98. The molecule has 5 rings (SSSR count). The van der Waals surface area contributed by atoms with Crippen molar-refractivity contribution in [3.8, 4) is 5.69 Å². The number of nitrogens with one attached hydrogen (secondary N) is 1. The third-order valence-corrected chi connectivity index (χ3v) is 5.80. The molecular weight excluding hydrogens is 402 g/mol. The second kappa shape index (κ2) is 8.94. The summed E-state index contributed by atoms with van der Waals surface area (Å²) in [6.07, 6.45) is 1.82. The van der Waals surface area contributed by atoms with Gasteiger partial charge in [-0.2, -0.15) is 15.1 Å². The van der Waals surface area contributed by atoms with Crippen LogP contribution in [-0.2, 0) is 0 Å². The molecular formula is C24H27N7O. The maximum atomic E-state index is 9.23. The Balaban J connectivity index is 1.55. The number of piperazine rings is 1. The molecule has 4 aromatic rings. The number of aryl methyl sites for hydroxylation is 1. The molecule has 0 amide bonds. The Morgan fingerprint density at radius 2 is 1.69 bits per heavy atom. The number of benzene rings is 2. The number of aliphatic hydroxyl groups excluding tert-OH is 1. The number of hydrogen-bond donors (Lipinski definition) is 2. The minimum absolute atomic E-state index is 0.184. The van der Waals surface area contributed by atoms with Gasteiger partial charge in [-0.15, -0.1) is 0 Å². The van der Waals surface area contributed by atoms with E-state index in [-0.39, 0.29) is 6.61 Å². The van der Waals surface area contributed by atoms with Crippen molar-refractivity contribution >= 4 is 28.5 Å². The van der Waals surface area contributed by atoms with Crippen molar-refractivity contribution in [1.82, 2.24) is 24.6 Å². The lowest BCUT2D eigenvalue weighted by Crippen LogP contribution is -2.47. The number of hydrogen-bond acceptors (Lipinski definition) is 7. The number of para-hydroxylation sites is 1. The van der Waals surface area contributed by atoms with Crippen LogP contribution in [0.1, 0.15) is 5.56 Å². The highest BCUT2D eigenvalue weighted by molar-refractivity contribution is 5.90. The van der Waals surface area contributed by atoms with Crippen LogP contribution in [0.5, 0.6) is 0 Å². The van der Waals surface area contributed by atoms with Crippen LogP contribution in [0.2, 0.25) is 0 Å². The summed E-state index contributed by atoms with van der Waals surface area (Å²) in [6.45, 7) is 6.34. The molecule has 2 aromatic heterocycles.